The molecule has 42 heavy (non-hydrogen) atoms. The van der Waals surface area contributed by atoms with E-state index in [9.17, 15) is 19.2 Å². The molecular formula is C28H30FN7O6. The highest BCUT2D eigenvalue weighted by molar-refractivity contribution is 5.95. The number of benzene rings is 1. The summed E-state index contributed by atoms with van der Waals surface area (Å²) < 4.78 is 27.4. The highest BCUT2D eigenvalue weighted by Gasteiger charge is 2.34. The maximum absolute atomic E-state index is 15.2. The number of halogens is 1. The van der Waals surface area contributed by atoms with Gasteiger partial charge in [0.25, 0.3) is 5.91 Å². The number of nitrogens with one attached hydrogen (secondary N) is 1. The molecule has 1 saturated carbocycles. The van der Waals surface area contributed by atoms with Crippen LogP contribution in [0.5, 0.6) is 0 Å². The van der Waals surface area contributed by atoms with Crippen LogP contribution in [0.3, 0.4) is 0 Å². The Hall–Kier alpha value is -4.75. The number of amides is 3. The van der Waals surface area contributed by atoms with Crippen molar-refractivity contribution in [3.05, 3.63) is 54.5 Å². The van der Waals surface area contributed by atoms with Crippen LogP contribution in [0.2, 0.25) is 0 Å². The van der Waals surface area contributed by atoms with Crippen LogP contribution in [0.1, 0.15) is 29.8 Å². The van der Waals surface area contributed by atoms with Crippen LogP contribution in [-0.2, 0) is 19.1 Å². The first-order valence-corrected chi connectivity index (χ1v) is 13.9. The number of aromatic nitrogens is 3. The molecule has 14 heteroatoms. The second-order valence-corrected chi connectivity index (χ2v) is 10.6. The van der Waals surface area contributed by atoms with E-state index in [4.69, 9.17) is 9.47 Å². The van der Waals surface area contributed by atoms with Crippen LogP contribution in [0.25, 0.3) is 5.65 Å². The number of hydrogen-bond acceptors (Lipinski definition) is 9. The number of rotatable bonds is 9. The van der Waals surface area contributed by atoms with E-state index >= 15 is 4.39 Å². The summed E-state index contributed by atoms with van der Waals surface area (Å²) in [5.41, 5.74) is 1.42. The lowest BCUT2D eigenvalue weighted by Crippen LogP contribution is -2.51. The zero-order valence-electron chi connectivity index (χ0n) is 22.8. The molecule has 2 saturated heterocycles. The van der Waals surface area contributed by atoms with Gasteiger partial charge in [-0.25, -0.2) is 14.2 Å². The largest absolute Gasteiger partial charge is 0.462 e. The van der Waals surface area contributed by atoms with Crippen LogP contribution in [0, 0.1) is 11.7 Å². The van der Waals surface area contributed by atoms with Gasteiger partial charge < -0.3 is 29.0 Å². The van der Waals surface area contributed by atoms with Crippen LogP contribution in [-0.4, -0.2) is 95.1 Å². The number of fused-ring (bicyclic) bond motifs is 1. The average molecular weight is 580 g/mol. The first kappa shape index (κ1) is 27.4. The summed E-state index contributed by atoms with van der Waals surface area (Å²) in [6, 6.07) is 4.52. The highest BCUT2D eigenvalue weighted by atomic mass is 19.1. The van der Waals surface area contributed by atoms with Gasteiger partial charge in [0.1, 0.15) is 18.1 Å². The molecule has 0 bridgehead atoms. The standard InChI is InChI=1S/C28H30FN7O6/c29-21-12-19(36-15-20(42-28(36)40)17-41-26(38)11-18-1-2-18)3-4-23(21)33-7-9-34(10-8-33)25(37)14-31-27(39)22-16-35-6-5-30-13-24(35)32-22/h3-6,12-13,16,18,20H,1-2,7-11,14-15,17H2,(H,31,39)/t20-/m1/s1. The van der Waals surface area contributed by atoms with Gasteiger partial charge in [-0.1, -0.05) is 0 Å². The van der Waals surface area contributed by atoms with Crippen molar-refractivity contribution in [3.8, 4) is 0 Å². The molecule has 0 spiro atoms. The van der Waals surface area contributed by atoms with Gasteiger partial charge in [0.2, 0.25) is 5.91 Å². The number of anilines is 2. The van der Waals surface area contributed by atoms with Crippen LogP contribution in [0.15, 0.2) is 43.0 Å². The first-order chi connectivity index (χ1) is 20.3. The molecule has 13 nitrogen and oxygen atoms in total. The van der Waals surface area contributed by atoms with Crippen LogP contribution in [0.4, 0.5) is 20.6 Å². The monoisotopic (exact) mass is 579 g/mol. The minimum atomic E-state index is -0.622. The fraction of sp³-hybridized carbons (Fsp3) is 0.429. The summed E-state index contributed by atoms with van der Waals surface area (Å²) in [5, 5.41) is 2.60. The quantitative estimate of drug-likeness (QED) is 0.375. The van der Waals surface area contributed by atoms with Gasteiger partial charge in [-0.2, -0.15) is 0 Å². The first-order valence-electron chi connectivity index (χ1n) is 13.9. The Balaban J connectivity index is 0.973. The molecular weight excluding hydrogens is 549 g/mol. The van der Waals surface area contributed by atoms with Crippen molar-refractivity contribution in [1.82, 2.24) is 24.6 Å². The van der Waals surface area contributed by atoms with Crippen molar-refractivity contribution in [3.63, 3.8) is 0 Å². The maximum atomic E-state index is 15.2. The van der Waals surface area contributed by atoms with Crippen molar-refractivity contribution in [2.45, 2.75) is 25.4 Å². The number of hydrogen-bond donors (Lipinski definition) is 1. The average Bonchev–Trinajstić information content (AvgIpc) is 3.56. The molecule has 1 N–H and O–H groups in total. The molecule has 1 atom stereocenters. The Bertz CT molecular complexity index is 1480. The summed E-state index contributed by atoms with van der Waals surface area (Å²) in [7, 11) is 0. The van der Waals surface area contributed by atoms with Crippen molar-refractivity contribution < 1.29 is 33.0 Å². The number of esters is 1. The Labute approximate surface area is 240 Å². The molecule has 0 radical (unpaired) electrons. The summed E-state index contributed by atoms with van der Waals surface area (Å²) in [4.78, 5) is 62.3. The van der Waals surface area contributed by atoms with Gasteiger partial charge in [0.05, 0.1) is 30.7 Å². The number of ether oxygens (including phenoxy) is 2. The Kier molecular flexibility index (Phi) is 7.59. The lowest BCUT2D eigenvalue weighted by molar-refractivity contribution is -0.146. The van der Waals surface area contributed by atoms with E-state index in [1.807, 2.05) is 4.90 Å². The Morgan fingerprint density at radius 2 is 1.95 bits per heavy atom. The smallest absolute Gasteiger partial charge is 0.414 e. The normalized spacial score (nSPS) is 18.7. The zero-order valence-corrected chi connectivity index (χ0v) is 22.8. The predicted octanol–water partition coefficient (Wildman–Crippen LogP) is 1.62. The molecule has 3 amide bonds. The van der Waals surface area contributed by atoms with E-state index in [2.05, 4.69) is 15.3 Å². The number of nitrogens with zero attached hydrogens (tertiary/aromatic N) is 6. The second-order valence-electron chi connectivity index (χ2n) is 10.6. The van der Waals surface area contributed by atoms with E-state index < -0.39 is 23.9 Å². The molecule has 220 valence electrons. The van der Waals surface area contributed by atoms with Crippen molar-refractivity contribution >= 4 is 40.9 Å². The third-order valence-electron chi connectivity index (χ3n) is 7.57. The number of piperazine rings is 1. The molecule has 1 aliphatic carbocycles. The van der Waals surface area contributed by atoms with Crippen LogP contribution >= 0.6 is 0 Å². The minimum Gasteiger partial charge on any atom is -0.462 e. The Morgan fingerprint density at radius 3 is 2.69 bits per heavy atom. The number of carbonyl (C=O) groups excluding carboxylic acids is 4. The van der Waals surface area contributed by atoms with Gasteiger partial charge in [0, 0.05) is 51.2 Å². The van der Waals surface area contributed by atoms with E-state index in [1.54, 1.807) is 40.0 Å². The molecule has 2 aliphatic heterocycles. The molecule has 3 aliphatic rings. The summed E-state index contributed by atoms with van der Waals surface area (Å²) >= 11 is 0. The molecule has 2 aromatic heterocycles. The van der Waals surface area contributed by atoms with Crippen molar-refractivity contribution in [1.29, 1.82) is 0 Å². The highest BCUT2D eigenvalue weighted by Crippen LogP contribution is 2.33. The van der Waals surface area contributed by atoms with Gasteiger partial charge in [0.15, 0.2) is 11.8 Å². The second kappa shape index (κ2) is 11.6. The summed E-state index contributed by atoms with van der Waals surface area (Å²) in [6.45, 7) is 1.45. The molecule has 3 aromatic rings. The molecule has 1 aromatic carbocycles. The summed E-state index contributed by atoms with van der Waals surface area (Å²) in [6.07, 6.45) is 7.58. The molecule has 6 rings (SSSR count). The fourth-order valence-electron chi connectivity index (χ4n) is 5.05. The maximum Gasteiger partial charge on any atom is 0.414 e. The van der Waals surface area contributed by atoms with Gasteiger partial charge >= 0.3 is 12.1 Å². The van der Waals surface area contributed by atoms with E-state index in [0.717, 1.165) is 12.8 Å². The SMILES string of the molecule is O=C(CC1CC1)OC[C@H]1CN(c2ccc(N3CCN(C(=O)CNC(=O)c4cn5ccncc5n4)CC3)c(F)c2)C(=O)O1. The van der Waals surface area contributed by atoms with Gasteiger partial charge in [-0.3, -0.25) is 24.3 Å². The zero-order chi connectivity index (χ0) is 29.2. The fourth-order valence-corrected chi connectivity index (χ4v) is 5.05. The topological polar surface area (TPSA) is 139 Å². The number of imidazole rings is 1. The Morgan fingerprint density at radius 1 is 1.14 bits per heavy atom. The van der Waals surface area contributed by atoms with Gasteiger partial charge in [-0.05, 0) is 37.0 Å². The van der Waals surface area contributed by atoms with Crippen LogP contribution < -0.4 is 15.1 Å². The van der Waals surface area contributed by atoms with Gasteiger partial charge in [-0.15, -0.1) is 0 Å². The van der Waals surface area contributed by atoms with Crippen molar-refractivity contribution in [2.75, 3.05) is 55.7 Å². The van der Waals surface area contributed by atoms with E-state index in [0.29, 0.717) is 55.5 Å². The third kappa shape index (κ3) is 6.11. The predicted molar refractivity (Wildman–Crippen MR) is 146 cm³/mol. The lowest BCUT2D eigenvalue weighted by atomic mass is 10.2. The van der Waals surface area contributed by atoms with Crippen molar-refractivity contribution in [2.24, 2.45) is 5.92 Å². The molecule has 0 unspecified atom stereocenters. The van der Waals surface area contributed by atoms with E-state index in [1.165, 1.54) is 17.2 Å². The third-order valence-corrected chi connectivity index (χ3v) is 7.57. The molecule has 3 fully saturated rings. The minimum absolute atomic E-state index is 0.0285. The number of carbonyl (C=O) groups is 4. The lowest BCUT2D eigenvalue weighted by Gasteiger charge is -2.36. The number of cyclic esters (lactones) is 1. The summed E-state index contributed by atoms with van der Waals surface area (Å²) in [5.74, 6) is -1.10. The molecule has 4 heterocycles. The van der Waals surface area contributed by atoms with E-state index in [-0.39, 0.29) is 37.3 Å².